The molecule has 2 heterocycles. The third-order valence-electron chi connectivity index (χ3n) is 5.34. The number of alkyl halides is 3. The molecule has 1 atom stereocenters. The van der Waals surface area contributed by atoms with E-state index in [1.807, 2.05) is 0 Å². The van der Waals surface area contributed by atoms with Crippen molar-refractivity contribution in [2.75, 3.05) is 0 Å². The summed E-state index contributed by atoms with van der Waals surface area (Å²) >= 11 is 1.15. The number of aromatic nitrogens is 2. The fourth-order valence-corrected chi connectivity index (χ4v) is 4.78. The molecule has 0 aliphatic carbocycles. The Balaban J connectivity index is 1.69. The van der Waals surface area contributed by atoms with Crippen molar-refractivity contribution in [3.05, 3.63) is 95.3 Å². The summed E-state index contributed by atoms with van der Waals surface area (Å²) in [6.07, 6.45) is -3.53. The first kappa shape index (κ1) is 19.7. The molecule has 0 amide bonds. The van der Waals surface area contributed by atoms with Gasteiger partial charge in [-0.25, -0.2) is 9.07 Å². The lowest BCUT2D eigenvalue weighted by molar-refractivity contribution is -0.247. The zero-order valence-corrected chi connectivity index (χ0v) is 16.6. The third-order valence-corrected chi connectivity index (χ3v) is 6.30. The highest BCUT2D eigenvalue weighted by atomic mass is 32.1. The number of fused-ring (bicyclic) bond motifs is 2. The SMILES string of the molecule is OC(c1ccc2c(cnn2-c2ccc(F)cc2)c1)(c1csc2ccccc12)C(F)(F)F. The Hall–Kier alpha value is -3.23. The van der Waals surface area contributed by atoms with Crippen molar-refractivity contribution in [2.24, 2.45) is 0 Å². The van der Waals surface area contributed by atoms with Crippen molar-refractivity contribution < 1.29 is 22.7 Å². The van der Waals surface area contributed by atoms with Crippen LogP contribution in [0.25, 0.3) is 26.7 Å². The van der Waals surface area contributed by atoms with Crippen LogP contribution in [-0.4, -0.2) is 21.1 Å². The number of rotatable bonds is 3. The molecule has 0 aliphatic heterocycles. The Morgan fingerprint density at radius 1 is 0.935 bits per heavy atom. The topological polar surface area (TPSA) is 38.1 Å². The molecule has 0 saturated carbocycles. The fourth-order valence-electron chi connectivity index (χ4n) is 3.78. The molecule has 31 heavy (non-hydrogen) atoms. The molecule has 0 bridgehead atoms. The summed E-state index contributed by atoms with van der Waals surface area (Å²) in [7, 11) is 0. The van der Waals surface area contributed by atoms with Crippen molar-refractivity contribution in [1.29, 1.82) is 0 Å². The molecule has 5 aromatic rings. The van der Waals surface area contributed by atoms with Crippen molar-refractivity contribution in [1.82, 2.24) is 9.78 Å². The second-order valence-electron chi connectivity index (χ2n) is 7.16. The van der Waals surface area contributed by atoms with E-state index in [-0.39, 0.29) is 11.1 Å². The van der Waals surface area contributed by atoms with Crippen molar-refractivity contribution >= 4 is 32.3 Å². The third kappa shape index (κ3) is 3.02. The first-order chi connectivity index (χ1) is 14.8. The molecule has 1 N–H and O–H groups in total. The van der Waals surface area contributed by atoms with Gasteiger partial charge in [0.2, 0.25) is 5.60 Å². The van der Waals surface area contributed by atoms with Gasteiger partial charge in [-0.15, -0.1) is 11.3 Å². The Morgan fingerprint density at radius 2 is 1.68 bits per heavy atom. The Morgan fingerprint density at radius 3 is 2.42 bits per heavy atom. The minimum absolute atomic E-state index is 0.203. The van der Waals surface area contributed by atoms with Crippen LogP contribution in [0.3, 0.4) is 0 Å². The molecule has 2 aromatic heterocycles. The molecular formula is C23H14F4N2OS. The van der Waals surface area contributed by atoms with Gasteiger partial charge in [0.15, 0.2) is 0 Å². The summed E-state index contributed by atoms with van der Waals surface area (Å²) < 4.78 is 58.2. The largest absolute Gasteiger partial charge is 0.425 e. The van der Waals surface area contributed by atoms with Gasteiger partial charge in [0.25, 0.3) is 0 Å². The zero-order chi connectivity index (χ0) is 21.8. The fraction of sp³-hybridized carbons (Fsp3) is 0.0870. The molecule has 0 aliphatic rings. The van der Waals surface area contributed by atoms with Crippen LogP contribution in [0.5, 0.6) is 0 Å². The molecule has 156 valence electrons. The number of thiophene rings is 1. The van der Waals surface area contributed by atoms with Gasteiger partial charge >= 0.3 is 6.18 Å². The highest BCUT2D eigenvalue weighted by Gasteiger charge is 2.57. The quantitative estimate of drug-likeness (QED) is 0.339. The standard InChI is InChI=1S/C23H14F4N2OS/c24-16-6-8-17(9-7-16)29-20-10-5-15(11-14(20)12-28-29)22(30,23(25,26)27)19-13-31-21-4-2-1-3-18(19)21/h1-13,30H. The highest BCUT2D eigenvalue weighted by molar-refractivity contribution is 7.17. The molecule has 0 saturated heterocycles. The Bertz CT molecular complexity index is 1400. The number of nitrogens with zero attached hydrogens (tertiary/aromatic N) is 2. The van der Waals surface area contributed by atoms with Crippen LogP contribution in [0.4, 0.5) is 17.6 Å². The van der Waals surface area contributed by atoms with Gasteiger partial charge in [-0.1, -0.05) is 24.3 Å². The highest BCUT2D eigenvalue weighted by Crippen LogP contribution is 2.48. The van der Waals surface area contributed by atoms with E-state index < -0.39 is 17.6 Å². The first-order valence-corrected chi connectivity index (χ1v) is 10.2. The Labute approximate surface area is 177 Å². The number of halogens is 4. The zero-order valence-electron chi connectivity index (χ0n) is 15.8. The lowest BCUT2D eigenvalue weighted by Gasteiger charge is -2.31. The van der Waals surface area contributed by atoms with Gasteiger partial charge in [0.1, 0.15) is 5.82 Å². The maximum atomic E-state index is 14.3. The smallest absolute Gasteiger partial charge is 0.372 e. The van der Waals surface area contributed by atoms with E-state index >= 15 is 0 Å². The number of benzene rings is 3. The molecule has 3 nitrogen and oxygen atoms in total. The molecule has 0 fully saturated rings. The van der Waals surface area contributed by atoms with Gasteiger partial charge in [0, 0.05) is 15.6 Å². The molecule has 1 unspecified atom stereocenters. The van der Waals surface area contributed by atoms with Crippen LogP contribution in [-0.2, 0) is 5.60 Å². The minimum Gasteiger partial charge on any atom is -0.372 e. The summed E-state index contributed by atoms with van der Waals surface area (Å²) in [5.74, 6) is -0.402. The average molecular weight is 442 g/mol. The molecule has 5 rings (SSSR count). The van der Waals surface area contributed by atoms with E-state index in [0.717, 1.165) is 11.3 Å². The van der Waals surface area contributed by atoms with Crippen molar-refractivity contribution in [3.63, 3.8) is 0 Å². The molecule has 3 aromatic carbocycles. The maximum absolute atomic E-state index is 14.3. The molecule has 0 spiro atoms. The summed E-state index contributed by atoms with van der Waals surface area (Å²) in [5, 5.41) is 17.5. The predicted molar refractivity (Wildman–Crippen MR) is 112 cm³/mol. The van der Waals surface area contributed by atoms with Gasteiger partial charge in [-0.2, -0.15) is 18.3 Å². The van der Waals surface area contributed by atoms with Crippen LogP contribution < -0.4 is 0 Å². The normalized spacial score (nSPS) is 14.2. The maximum Gasteiger partial charge on any atom is 0.425 e. The van der Waals surface area contributed by atoms with E-state index in [2.05, 4.69) is 5.10 Å². The van der Waals surface area contributed by atoms with Crippen molar-refractivity contribution in [3.8, 4) is 5.69 Å². The van der Waals surface area contributed by atoms with E-state index in [9.17, 15) is 22.7 Å². The van der Waals surface area contributed by atoms with Crippen LogP contribution in [0.1, 0.15) is 11.1 Å². The predicted octanol–water partition coefficient (Wildman–Crippen LogP) is 6.18. The van der Waals surface area contributed by atoms with Crippen LogP contribution in [0.15, 0.2) is 78.3 Å². The summed E-state index contributed by atoms with van der Waals surface area (Å²) in [6.45, 7) is 0. The first-order valence-electron chi connectivity index (χ1n) is 9.29. The van der Waals surface area contributed by atoms with Crippen molar-refractivity contribution in [2.45, 2.75) is 11.8 Å². The monoisotopic (exact) mass is 442 g/mol. The second-order valence-corrected chi connectivity index (χ2v) is 8.07. The van der Waals surface area contributed by atoms with Crippen LogP contribution in [0, 0.1) is 5.82 Å². The lowest BCUT2D eigenvalue weighted by atomic mass is 9.85. The van der Waals surface area contributed by atoms with E-state index in [0.29, 0.717) is 26.7 Å². The average Bonchev–Trinajstić information content (AvgIpc) is 3.37. The summed E-state index contributed by atoms with van der Waals surface area (Å²) in [6, 6.07) is 16.3. The van der Waals surface area contributed by atoms with Gasteiger partial charge in [0.05, 0.1) is 17.4 Å². The summed E-state index contributed by atoms with van der Waals surface area (Å²) in [4.78, 5) is 0. The second kappa shape index (κ2) is 6.90. The Kier molecular flexibility index (Phi) is 4.39. The van der Waals surface area contributed by atoms with E-state index in [1.54, 1.807) is 24.3 Å². The van der Waals surface area contributed by atoms with E-state index in [4.69, 9.17) is 0 Å². The molecule has 8 heteroatoms. The number of hydrogen-bond donors (Lipinski definition) is 1. The number of aliphatic hydroxyl groups is 1. The van der Waals surface area contributed by atoms with Crippen LogP contribution >= 0.6 is 11.3 Å². The van der Waals surface area contributed by atoms with E-state index in [1.165, 1.54) is 58.7 Å². The van der Waals surface area contributed by atoms with Crippen LogP contribution in [0.2, 0.25) is 0 Å². The summed E-state index contributed by atoms with van der Waals surface area (Å²) in [5.41, 5.74) is -2.58. The minimum atomic E-state index is -4.95. The number of hydrogen-bond acceptors (Lipinski definition) is 3. The van der Waals surface area contributed by atoms with Gasteiger partial charge in [-0.05, 0) is 58.8 Å². The molecular weight excluding hydrogens is 428 g/mol. The van der Waals surface area contributed by atoms with Gasteiger partial charge in [-0.3, -0.25) is 0 Å². The lowest BCUT2D eigenvalue weighted by Crippen LogP contribution is -2.43. The molecule has 0 radical (unpaired) electrons. The van der Waals surface area contributed by atoms with Gasteiger partial charge < -0.3 is 5.11 Å².